The van der Waals surface area contributed by atoms with Crippen molar-refractivity contribution < 1.29 is 8.42 Å². The summed E-state index contributed by atoms with van der Waals surface area (Å²) in [6.45, 7) is 0. The number of rotatable bonds is 3. The maximum atomic E-state index is 12.3. The minimum Gasteiger partial charge on any atom is -0.217 e. The first-order valence-electron chi connectivity index (χ1n) is 5.31. The molecule has 0 aliphatic carbocycles. The second kappa shape index (κ2) is 5.98. The predicted molar refractivity (Wildman–Crippen MR) is 81.6 cm³/mol. The normalized spacial score (nSPS) is 12.2. The van der Waals surface area contributed by atoms with Crippen molar-refractivity contribution in [2.75, 3.05) is 0 Å². The van der Waals surface area contributed by atoms with Crippen molar-refractivity contribution in [1.29, 1.82) is 5.26 Å². The Labute approximate surface area is 130 Å². The molecule has 102 valence electrons. The van der Waals surface area contributed by atoms with Crippen LogP contribution in [0.3, 0.4) is 0 Å². The Kier molecular flexibility index (Phi) is 4.51. The molecule has 20 heavy (non-hydrogen) atoms. The van der Waals surface area contributed by atoms with E-state index >= 15 is 0 Å². The van der Waals surface area contributed by atoms with Gasteiger partial charge in [-0.3, -0.25) is 0 Å². The van der Waals surface area contributed by atoms with Crippen LogP contribution < -0.4 is 0 Å². The highest BCUT2D eigenvalue weighted by Crippen LogP contribution is 2.30. The summed E-state index contributed by atoms with van der Waals surface area (Å²) in [6.07, 6.45) is 1.19. The highest BCUT2D eigenvalue weighted by Gasteiger charge is 2.22. The van der Waals surface area contributed by atoms with Gasteiger partial charge in [-0.15, -0.1) is 11.3 Å². The summed E-state index contributed by atoms with van der Waals surface area (Å²) in [5.41, 5.74) is 0.313. The summed E-state index contributed by atoms with van der Waals surface area (Å²) in [5, 5.41) is 11.3. The first kappa shape index (κ1) is 15.1. The Hall–Kier alpha value is -1.32. The van der Waals surface area contributed by atoms with Gasteiger partial charge < -0.3 is 0 Å². The number of hydrogen-bond donors (Lipinski definition) is 0. The van der Waals surface area contributed by atoms with Gasteiger partial charge in [-0.05, 0) is 29.7 Å². The molecule has 2 rings (SSSR count). The molecule has 0 unspecified atom stereocenters. The fourth-order valence-electron chi connectivity index (χ4n) is 1.47. The lowest BCUT2D eigenvalue weighted by Crippen LogP contribution is -2.01. The average molecular weight is 344 g/mol. The summed E-state index contributed by atoms with van der Waals surface area (Å²) in [7, 11) is -3.84. The Morgan fingerprint density at radius 3 is 2.35 bits per heavy atom. The third-order valence-electron chi connectivity index (χ3n) is 2.43. The van der Waals surface area contributed by atoms with Gasteiger partial charge in [-0.1, -0.05) is 35.3 Å². The summed E-state index contributed by atoms with van der Waals surface area (Å²) < 4.78 is 24.7. The Bertz CT molecular complexity index is 783. The molecule has 1 aromatic carbocycles. The van der Waals surface area contributed by atoms with Gasteiger partial charge in [-0.2, -0.15) is 5.26 Å². The molecule has 0 radical (unpaired) electrons. The van der Waals surface area contributed by atoms with Crippen molar-refractivity contribution in [2.24, 2.45) is 0 Å². The minimum absolute atomic E-state index is 0.105. The molecule has 0 N–H and O–H groups in total. The molecule has 0 aliphatic rings. The van der Waals surface area contributed by atoms with Gasteiger partial charge in [0, 0.05) is 15.6 Å². The number of thiophene rings is 1. The van der Waals surface area contributed by atoms with Crippen LogP contribution in [0.2, 0.25) is 10.0 Å². The van der Waals surface area contributed by atoms with Gasteiger partial charge in [0.2, 0.25) is 9.84 Å². The smallest absolute Gasteiger partial charge is 0.217 e. The number of hydrogen-bond acceptors (Lipinski definition) is 4. The van der Waals surface area contributed by atoms with E-state index in [2.05, 4.69) is 0 Å². The number of benzene rings is 1. The first-order valence-corrected chi connectivity index (χ1v) is 8.43. The molecule has 0 spiro atoms. The van der Waals surface area contributed by atoms with Gasteiger partial charge in [0.15, 0.2) is 4.91 Å². The van der Waals surface area contributed by atoms with Crippen molar-refractivity contribution in [3.05, 3.63) is 56.2 Å². The highest BCUT2D eigenvalue weighted by molar-refractivity contribution is 7.97. The third-order valence-corrected chi connectivity index (χ3v) is 6.16. The van der Waals surface area contributed by atoms with E-state index < -0.39 is 14.7 Å². The molecule has 0 saturated carbocycles. The van der Waals surface area contributed by atoms with Crippen molar-refractivity contribution >= 4 is 50.5 Å². The Balaban J connectivity index is 2.60. The number of nitrogens with zero attached hydrogens (tertiary/aromatic N) is 1. The van der Waals surface area contributed by atoms with Crippen molar-refractivity contribution in [3.8, 4) is 6.07 Å². The van der Waals surface area contributed by atoms with Crippen LogP contribution in [-0.2, 0) is 9.84 Å². The number of sulfone groups is 1. The Morgan fingerprint density at radius 1 is 1.20 bits per heavy atom. The van der Waals surface area contributed by atoms with E-state index in [-0.39, 0.29) is 14.3 Å². The summed E-state index contributed by atoms with van der Waals surface area (Å²) >= 11 is 13.0. The van der Waals surface area contributed by atoms with Gasteiger partial charge in [0.25, 0.3) is 0 Å². The monoisotopic (exact) mass is 343 g/mol. The van der Waals surface area contributed by atoms with Crippen LogP contribution in [0.1, 0.15) is 5.56 Å². The summed E-state index contributed by atoms with van der Waals surface area (Å²) in [4.78, 5) is -0.394. The zero-order chi connectivity index (χ0) is 14.8. The van der Waals surface area contributed by atoms with Crippen molar-refractivity contribution in [2.45, 2.75) is 4.21 Å². The standard InChI is InChI=1S/C13H7Cl2NO2S2/c14-11-3-1-4-12(15)10(11)7-9(8-16)20(17,18)13-5-2-6-19-13/h1-7H. The molecular formula is C13H7Cl2NO2S2. The third kappa shape index (κ3) is 2.89. The van der Waals surface area contributed by atoms with Crippen LogP contribution in [0.4, 0.5) is 0 Å². The van der Waals surface area contributed by atoms with Gasteiger partial charge >= 0.3 is 0 Å². The second-order valence-corrected chi connectivity index (χ2v) is 7.60. The maximum absolute atomic E-state index is 12.3. The van der Waals surface area contributed by atoms with Gasteiger partial charge in [0.1, 0.15) is 10.3 Å². The molecule has 0 fully saturated rings. The zero-order valence-corrected chi connectivity index (χ0v) is 13.0. The van der Waals surface area contributed by atoms with Crippen LogP contribution in [0.15, 0.2) is 44.8 Å². The second-order valence-electron chi connectivity index (χ2n) is 3.69. The SMILES string of the molecule is N#CC(=Cc1c(Cl)cccc1Cl)S(=O)(=O)c1cccs1. The van der Waals surface area contributed by atoms with Crippen LogP contribution in [0.5, 0.6) is 0 Å². The topological polar surface area (TPSA) is 57.9 Å². The molecule has 7 heteroatoms. The number of nitriles is 1. The quantitative estimate of drug-likeness (QED) is 0.776. The summed E-state index contributed by atoms with van der Waals surface area (Å²) in [6, 6.07) is 9.54. The number of halogens is 2. The molecule has 1 aromatic heterocycles. The van der Waals surface area contributed by atoms with Crippen molar-refractivity contribution in [1.82, 2.24) is 0 Å². The molecule has 0 saturated heterocycles. The van der Waals surface area contributed by atoms with E-state index in [0.717, 1.165) is 11.3 Å². The Morgan fingerprint density at radius 2 is 1.85 bits per heavy atom. The van der Waals surface area contributed by atoms with Crippen LogP contribution in [-0.4, -0.2) is 8.42 Å². The van der Waals surface area contributed by atoms with Crippen molar-refractivity contribution in [3.63, 3.8) is 0 Å². The fourth-order valence-corrected chi connectivity index (χ4v) is 4.24. The molecule has 3 nitrogen and oxygen atoms in total. The maximum Gasteiger partial charge on any atom is 0.226 e. The minimum atomic E-state index is -3.84. The molecular weight excluding hydrogens is 337 g/mol. The fraction of sp³-hybridized carbons (Fsp3) is 0. The molecule has 0 bridgehead atoms. The lowest BCUT2D eigenvalue weighted by atomic mass is 10.2. The zero-order valence-electron chi connectivity index (χ0n) is 9.88. The summed E-state index contributed by atoms with van der Waals surface area (Å²) in [5.74, 6) is 0. The van der Waals surface area contributed by atoms with Crippen LogP contribution >= 0.6 is 34.5 Å². The van der Waals surface area contributed by atoms with E-state index in [1.54, 1.807) is 35.7 Å². The number of allylic oxidation sites excluding steroid dienone is 1. The van der Waals surface area contributed by atoms with E-state index in [9.17, 15) is 8.42 Å². The van der Waals surface area contributed by atoms with Crippen LogP contribution in [0, 0.1) is 11.3 Å². The average Bonchev–Trinajstić information content (AvgIpc) is 2.92. The first-order chi connectivity index (χ1) is 9.46. The molecule has 0 aliphatic heterocycles. The van der Waals surface area contributed by atoms with Gasteiger partial charge in [0.05, 0.1) is 0 Å². The molecule has 1 heterocycles. The molecule has 0 amide bonds. The highest BCUT2D eigenvalue weighted by atomic mass is 35.5. The van der Waals surface area contributed by atoms with E-state index in [0.29, 0.717) is 5.56 Å². The van der Waals surface area contributed by atoms with Crippen LogP contribution in [0.25, 0.3) is 6.08 Å². The largest absolute Gasteiger partial charge is 0.226 e. The lowest BCUT2D eigenvalue weighted by Gasteiger charge is -2.03. The molecule has 0 atom stereocenters. The molecule has 2 aromatic rings. The van der Waals surface area contributed by atoms with E-state index in [1.165, 1.54) is 12.1 Å². The van der Waals surface area contributed by atoms with E-state index in [1.807, 2.05) is 0 Å². The predicted octanol–water partition coefficient (Wildman–Crippen LogP) is 4.39. The lowest BCUT2D eigenvalue weighted by molar-refractivity contribution is 0.605. The van der Waals surface area contributed by atoms with E-state index in [4.69, 9.17) is 28.5 Å². The van der Waals surface area contributed by atoms with Gasteiger partial charge in [-0.25, -0.2) is 8.42 Å².